The van der Waals surface area contributed by atoms with Gasteiger partial charge in [0, 0.05) is 0 Å². The molecule has 1 atom stereocenters. The Morgan fingerprint density at radius 2 is 2.00 bits per heavy atom. The molecule has 1 aliphatic heterocycles. The topological polar surface area (TPSA) is 52.6 Å². The van der Waals surface area contributed by atoms with E-state index in [1.807, 2.05) is 30.3 Å². The van der Waals surface area contributed by atoms with Crippen LogP contribution in [0.2, 0.25) is 0 Å². The van der Waals surface area contributed by atoms with Crippen LogP contribution in [-0.2, 0) is 4.79 Å². The highest BCUT2D eigenvalue weighted by atomic mass is 16.3. The van der Waals surface area contributed by atoms with Crippen LogP contribution in [0.5, 0.6) is 0 Å². The maximum Gasteiger partial charge on any atom is 0.246 e. The van der Waals surface area contributed by atoms with Gasteiger partial charge in [-0.2, -0.15) is 0 Å². The highest BCUT2D eigenvalue weighted by Gasteiger charge is 2.40. The molecule has 86 valence electrons. The zero-order chi connectivity index (χ0) is 11.8. The van der Waals surface area contributed by atoms with Crippen LogP contribution in [0.3, 0.4) is 0 Å². The lowest BCUT2D eigenvalue weighted by molar-refractivity contribution is -0.128. The first-order valence-electron chi connectivity index (χ1n) is 5.34. The number of hydrogen-bond acceptors (Lipinski definition) is 3. The lowest BCUT2D eigenvalue weighted by Crippen LogP contribution is -2.37. The van der Waals surface area contributed by atoms with Gasteiger partial charge in [0.25, 0.3) is 0 Å². The van der Waals surface area contributed by atoms with E-state index in [0.29, 0.717) is 6.54 Å². The number of rotatable bonds is 2. The standard InChI is InChI=1S/C12H16N2O2/c1-12(2,16)10-8-14(13-11(10)15)9-6-4-3-5-7-9/h3-7,10,16H,8H2,1-2H3,(H,13,15). The fourth-order valence-electron chi connectivity index (χ4n) is 1.84. The molecular weight excluding hydrogens is 204 g/mol. The summed E-state index contributed by atoms with van der Waals surface area (Å²) in [6.07, 6.45) is 0. The van der Waals surface area contributed by atoms with Crippen LogP contribution >= 0.6 is 0 Å². The number of benzene rings is 1. The van der Waals surface area contributed by atoms with E-state index in [1.54, 1.807) is 18.9 Å². The number of aliphatic hydroxyl groups is 1. The number of nitrogens with zero attached hydrogens (tertiary/aromatic N) is 1. The number of hydrazine groups is 1. The van der Waals surface area contributed by atoms with Gasteiger partial charge in [-0.05, 0) is 26.0 Å². The molecule has 0 aliphatic carbocycles. The average molecular weight is 220 g/mol. The van der Waals surface area contributed by atoms with E-state index in [9.17, 15) is 9.90 Å². The fourth-order valence-corrected chi connectivity index (χ4v) is 1.84. The van der Waals surface area contributed by atoms with Crippen molar-refractivity contribution < 1.29 is 9.90 Å². The van der Waals surface area contributed by atoms with Crippen LogP contribution < -0.4 is 10.4 Å². The molecule has 1 amide bonds. The quantitative estimate of drug-likeness (QED) is 0.779. The van der Waals surface area contributed by atoms with E-state index in [4.69, 9.17) is 0 Å². The molecule has 4 heteroatoms. The van der Waals surface area contributed by atoms with Crippen molar-refractivity contribution in [1.29, 1.82) is 0 Å². The Kier molecular flexibility index (Phi) is 2.59. The summed E-state index contributed by atoms with van der Waals surface area (Å²) >= 11 is 0. The van der Waals surface area contributed by atoms with Gasteiger partial charge in [-0.1, -0.05) is 18.2 Å². The molecule has 1 aromatic rings. The maximum atomic E-state index is 11.7. The van der Waals surface area contributed by atoms with Crippen molar-refractivity contribution in [2.24, 2.45) is 5.92 Å². The summed E-state index contributed by atoms with van der Waals surface area (Å²) in [6, 6.07) is 9.60. The molecule has 0 saturated carbocycles. The molecule has 2 N–H and O–H groups in total. The van der Waals surface area contributed by atoms with Crippen LogP contribution in [0.4, 0.5) is 5.69 Å². The maximum absolute atomic E-state index is 11.7. The van der Waals surface area contributed by atoms with Crippen LogP contribution in [0.15, 0.2) is 30.3 Å². The number of anilines is 1. The van der Waals surface area contributed by atoms with Crippen molar-refractivity contribution >= 4 is 11.6 Å². The third-order valence-electron chi connectivity index (χ3n) is 2.85. The molecule has 0 radical (unpaired) electrons. The summed E-state index contributed by atoms with van der Waals surface area (Å²) in [7, 11) is 0. The van der Waals surface area contributed by atoms with E-state index in [2.05, 4.69) is 5.43 Å². The van der Waals surface area contributed by atoms with Crippen molar-refractivity contribution in [3.63, 3.8) is 0 Å². The summed E-state index contributed by atoms with van der Waals surface area (Å²) in [6.45, 7) is 3.81. The van der Waals surface area contributed by atoms with E-state index in [-0.39, 0.29) is 5.91 Å². The SMILES string of the molecule is CC(C)(O)C1CN(c2ccccc2)NC1=O. The zero-order valence-corrected chi connectivity index (χ0v) is 9.47. The molecule has 1 fully saturated rings. The number of amides is 1. The normalized spacial score (nSPS) is 21.1. The molecular formula is C12H16N2O2. The predicted molar refractivity (Wildman–Crippen MR) is 61.7 cm³/mol. The van der Waals surface area contributed by atoms with E-state index < -0.39 is 11.5 Å². The summed E-state index contributed by atoms with van der Waals surface area (Å²) in [5, 5.41) is 11.6. The second-order valence-electron chi connectivity index (χ2n) is 4.63. The lowest BCUT2D eigenvalue weighted by Gasteiger charge is -2.23. The number of hydrogen-bond donors (Lipinski definition) is 2. The monoisotopic (exact) mass is 220 g/mol. The van der Waals surface area contributed by atoms with E-state index in [1.165, 1.54) is 0 Å². The molecule has 1 saturated heterocycles. The van der Waals surface area contributed by atoms with Gasteiger partial charge in [-0.15, -0.1) is 0 Å². The van der Waals surface area contributed by atoms with Gasteiger partial charge < -0.3 is 5.11 Å². The van der Waals surface area contributed by atoms with Crippen molar-refractivity contribution in [3.8, 4) is 0 Å². The first-order chi connectivity index (χ1) is 7.48. The van der Waals surface area contributed by atoms with Gasteiger partial charge in [0.1, 0.15) is 0 Å². The van der Waals surface area contributed by atoms with Crippen LogP contribution in [-0.4, -0.2) is 23.2 Å². The van der Waals surface area contributed by atoms with Gasteiger partial charge in [-0.3, -0.25) is 15.2 Å². The first-order valence-corrected chi connectivity index (χ1v) is 5.34. The Bertz CT molecular complexity index is 384. The Balaban J connectivity index is 2.16. The minimum absolute atomic E-state index is 0.128. The second-order valence-corrected chi connectivity index (χ2v) is 4.63. The molecule has 1 unspecified atom stereocenters. The van der Waals surface area contributed by atoms with E-state index >= 15 is 0 Å². The Hall–Kier alpha value is -1.55. The minimum atomic E-state index is -0.992. The number of nitrogens with one attached hydrogen (secondary N) is 1. The molecule has 1 heterocycles. The lowest BCUT2D eigenvalue weighted by atomic mass is 9.91. The zero-order valence-electron chi connectivity index (χ0n) is 9.47. The van der Waals surface area contributed by atoms with E-state index in [0.717, 1.165) is 5.69 Å². The van der Waals surface area contributed by atoms with Crippen molar-refractivity contribution in [1.82, 2.24) is 5.43 Å². The molecule has 2 rings (SSSR count). The van der Waals surface area contributed by atoms with Crippen LogP contribution in [0.1, 0.15) is 13.8 Å². The molecule has 1 aliphatic rings. The third kappa shape index (κ3) is 2.02. The number of para-hydroxylation sites is 1. The van der Waals surface area contributed by atoms with Gasteiger partial charge in [0.05, 0.1) is 23.8 Å². The molecule has 0 spiro atoms. The Labute approximate surface area is 94.9 Å². The summed E-state index contributed by atoms with van der Waals surface area (Å²) in [5.74, 6) is -0.524. The first kappa shape index (κ1) is 11.0. The molecule has 0 bridgehead atoms. The summed E-state index contributed by atoms with van der Waals surface area (Å²) in [5.41, 5.74) is 2.70. The van der Waals surface area contributed by atoms with Crippen LogP contribution in [0.25, 0.3) is 0 Å². The minimum Gasteiger partial charge on any atom is -0.390 e. The number of carbonyl (C=O) groups is 1. The Morgan fingerprint density at radius 1 is 1.38 bits per heavy atom. The Morgan fingerprint density at radius 3 is 2.50 bits per heavy atom. The summed E-state index contributed by atoms with van der Waals surface area (Å²) < 4.78 is 0. The molecule has 16 heavy (non-hydrogen) atoms. The average Bonchev–Trinajstić information content (AvgIpc) is 2.61. The highest BCUT2D eigenvalue weighted by molar-refractivity contribution is 5.85. The largest absolute Gasteiger partial charge is 0.390 e. The third-order valence-corrected chi connectivity index (χ3v) is 2.85. The predicted octanol–water partition coefficient (Wildman–Crippen LogP) is 0.925. The van der Waals surface area contributed by atoms with Gasteiger partial charge in [0.2, 0.25) is 5.91 Å². The smallest absolute Gasteiger partial charge is 0.246 e. The second kappa shape index (κ2) is 3.79. The molecule has 4 nitrogen and oxygen atoms in total. The van der Waals surface area contributed by atoms with Crippen molar-refractivity contribution in [3.05, 3.63) is 30.3 Å². The van der Waals surface area contributed by atoms with Crippen LogP contribution in [0, 0.1) is 5.92 Å². The summed E-state index contributed by atoms with van der Waals surface area (Å²) in [4.78, 5) is 11.7. The molecule has 1 aromatic carbocycles. The molecule has 0 aromatic heterocycles. The number of carbonyl (C=O) groups excluding carboxylic acids is 1. The van der Waals surface area contributed by atoms with Gasteiger partial charge in [-0.25, -0.2) is 0 Å². The van der Waals surface area contributed by atoms with Gasteiger partial charge >= 0.3 is 0 Å². The highest BCUT2D eigenvalue weighted by Crippen LogP contribution is 2.25. The fraction of sp³-hybridized carbons (Fsp3) is 0.417. The van der Waals surface area contributed by atoms with Gasteiger partial charge in [0.15, 0.2) is 0 Å². The van der Waals surface area contributed by atoms with Crippen molar-refractivity contribution in [2.75, 3.05) is 11.6 Å². The van der Waals surface area contributed by atoms with Crippen molar-refractivity contribution in [2.45, 2.75) is 19.4 Å².